The van der Waals surface area contributed by atoms with Crippen molar-refractivity contribution in [1.82, 2.24) is 29.2 Å². The summed E-state index contributed by atoms with van der Waals surface area (Å²) in [6.45, 7) is 4.62. The Labute approximate surface area is 235 Å². The highest BCUT2D eigenvalue weighted by Crippen LogP contribution is 2.38. The van der Waals surface area contributed by atoms with E-state index in [1.807, 2.05) is 6.07 Å². The number of anilines is 2. The molecule has 0 radical (unpaired) electrons. The average Bonchev–Trinajstić information content (AvgIpc) is 3.66. The Balaban J connectivity index is 1.14. The van der Waals surface area contributed by atoms with Gasteiger partial charge in [0.2, 0.25) is 0 Å². The number of hydrogen-bond acceptors (Lipinski definition) is 11. The number of aliphatic hydroxyl groups is 2. The third kappa shape index (κ3) is 5.47. The molecule has 3 aromatic heterocycles. The Hall–Kier alpha value is -4.08. The lowest BCUT2D eigenvalue weighted by Crippen LogP contribution is -2.39. The molecule has 0 spiro atoms. The summed E-state index contributed by atoms with van der Waals surface area (Å²) in [5.41, 5.74) is 8.29. The molecule has 216 valence electrons. The normalized spacial score (nSPS) is 23.2. The van der Waals surface area contributed by atoms with Crippen molar-refractivity contribution in [2.24, 2.45) is 7.05 Å². The number of ether oxygens (including phenoxy) is 3. The summed E-state index contributed by atoms with van der Waals surface area (Å²) in [5.74, 6) is 0.300. The van der Waals surface area contributed by atoms with Gasteiger partial charge in [0.05, 0.1) is 24.3 Å². The molecule has 41 heavy (non-hydrogen) atoms. The molecule has 1 aromatic carbocycles. The van der Waals surface area contributed by atoms with E-state index in [1.165, 1.54) is 6.33 Å². The average molecular weight is 565 g/mol. The van der Waals surface area contributed by atoms with Crippen molar-refractivity contribution in [3.63, 3.8) is 0 Å². The molecule has 1 amide bonds. The first-order valence-electron chi connectivity index (χ1n) is 13.4. The van der Waals surface area contributed by atoms with Crippen molar-refractivity contribution in [3.8, 4) is 17.0 Å². The van der Waals surface area contributed by atoms with E-state index in [2.05, 4.69) is 25.3 Å². The molecular formula is C27H32N8O6. The SMILES string of the molecule is Cn1ccc(-c2cn([C@@H]3O[C@H](C(=O)Nc4ccc(OCCN5CCOCC5)cc4)[C@@H](O)[C@H]3O)c3ncnc(N)c23)n1. The monoisotopic (exact) mass is 564 g/mol. The molecule has 0 bridgehead atoms. The minimum atomic E-state index is -1.49. The van der Waals surface area contributed by atoms with Crippen LogP contribution >= 0.6 is 0 Å². The molecule has 5 heterocycles. The largest absolute Gasteiger partial charge is 0.492 e. The van der Waals surface area contributed by atoms with Crippen LogP contribution in [-0.4, -0.2) is 103 Å². The van der Waals surface area contributed by atoms with Gasteiger partial charge in [-0.1, -0.05) is 0 Å². The third-order valence-corrected chi connectivity index (χ3v) is 7.30. The van der Waals surface area contributed by atoms with Crippen molar-refractivity contribution >= 4 is 28.4 Å². The van der Waals surface area contributed by atoms with Crippen LogP contribution in [0.4, 0.5) is 11.5 Å². The molecular weight excluding hydrogens is 532 g/mol. The van der Waals surface area contributed by atoms with Crippen molar-refractivity contribution in [2.75, 3.05) is 50.5 Å². The molecule has 0 saturated carbocycles. The van der Waals surface area contributed by atoms with E-state index in [0.29, 0.717) is 40.3 Å². The maximum atomic E-state index is 13.1. The van der Waals surface area contributed by atoms with Crippen LogP contribution in [0.3, 0.4) is 0 Å². The van der Waals surface area contributed by atoms with Crippen molar-refractivity contribution in [1.29, 1.82) is 0 Å². The highest BCUT2D eigenvalue weighted by molar-refractivity contribution is 6.00. The van der Waals surface area contributed by atoms with Crippen LogP contribution in [0.1, 0.15) is 6.23 Å². The second-order valence-electron chi connectivity index (χ2n) is 10.0. The first-order valence-corrected chi connectivity index (χ1v) is 13.4. The lowest BCUT2D eigenvalue weighted by molar-refractivity contribution is -0.132. The van der Waals surface area contributed by atoms with Crippen LogP contribution in [-0.2, 0) is 21.3 Å². The number of carbonyl (C=O) groups is 1. The summed E-state index contributed by atoms with van der Waals surface area (Å²) < 4.78 is 20.3. The Bertz CT molecular complexity index is 1520. The summed E-state index contributed by atoms with van der Waals surface area (Å²) >= 11 is 0. The second kappa shape index (κ2) is 11.4. The van der Waals surface area contributed by atoms with Gasteiger partial charge in [0.15, 0.2) is 12.3 Å². The predicted octanol–water partition coefficient (Wildman–Crippen LogP) is 0.383. The van der Waals surface area contributed by atoms with Gasteiger partial charge in [0, 0.05) is 50.3 Å². The van der Waals surface area contributed by atoms with Crippen LogP contribution in [0, 0.1) is 0 Å². The number of aryl methyl sites for hydroxylation is 1. The number of nitrogens with two attached hydrogens (primary N) is 1. The molecule has 2 aliphatic rings. The van der Waals surface area contributed by atoms with Crippen LogP contribution < -0.4 is 15.8 Å². The number of rotatable bonds is 8. The number of aromatic nitrogens is 5. The molecule has 0 aliphatic carbocycles. The van der Waals surface area contributed by atoms with Crippen molar-refractivity contribution < 1.29 is 29.2 Å². The van der Waals surface area contributed by atoms with Crippen molar-refractivity contribution in [3.05, 3.63) is 49.1 Å². The number of nitrogens with one attached hydrogen (secondary N) is 1. The zero-order chi connectivity index (χ0) is 28.5. The molecule has 4 aromatic rings. The Morgan fingerprint density at radius 2 is 1.93 bits per heavy atom. The molecule has 14 nitrogen and oxygen atoms in total. The molecule has 2 saturated heterocycles. The Kier molecular flexibility index (Phi) is 7.55. The van der Waals surface area contributed by atoms with E-state index in [1.54, 1.807) is 53.0 Å². The van der Waals surface area contributed by atoms with E-state index in [-0.39, 0.29) is 5.82 Å². The lowest BCUT2D eigenvalue weighted by Gasteiger charge is -2.26. The molecule has 4 atom stereocenters. The van der Waals surface area contributed by atoms with E-state index in [0.717, 1.165) is 32.8 Å². The number of nitrogen functional groups attached to an aromatic ring is 1. The van der Waals surface area contributed by atoms with Gasteiger partial charge >= 0.3 is 0 Å². The lowest BCUT2D eigenvalue weighted by atomic mass is 10.1. The van der Waals surface area contributed by atoms with Crippen LogP contribution in [0.5, 0.6) is 5.75 Å². The number of fused-ring (bicyclic) bond motifs is 1. The molecule has 5 N–H and O–H groups in total. The van der Waals surface area contributed by atoms with Crippen LogP contribution in [0.2, 0.25) is 0 Å². The van der Waals surface area contributed by atoms with E-state index >= 15 is 0 Å². The Morgan fingerprint density at radius 3 is 2.66 bits per heavy atom. The van der Waals surface area contributed by atoms with E-state index < -0.39 is 30.4 Å². The maximum Gasteiger partial charge on any atom is 0.256 e. The van der Waals surface area contributed by atoms with E-state index in [9.17, 15) is 15.0 Å². The summed E-state index contributed by atoms with van der Waals surface area (Å²) in [4.78, 5) is 23.8. The number of hydrogen-bond donors (Lipinski definition) is 4. The molecule has 2 aliphatic heterocycles. The van der Waals surface area contributed by atoms with Gasteiger partial charge in [-0.2, -0.15) is 5.10 Å². The summed E-state index contributed by atoms with van der Waals surface area (Å²) in [6, 6.07) is 8.73. The van der Waals surface area contributed by atoms with Gasteiger partial charge in [-0.15, -0.1) is 0 Å². The van der Waals surface area contributed by atoms with Gasteiger partial charge in [0.1, 0.15) is 42.4 Å². The van der Waals surface area contributed by atoms with Gasteiger partial charge in [0.25, 0.3) is 5.91 Å². The predicted molar refractivity (Wildman–Crippen MR) is 148 cm³/mol. The zero-order valence-corrected chi connectivity index (χ0v) is 22.5. The van der Waals surface area contributed by atoms with Crippen LogP contribution in [0.25, 0.3) is 22.3 Å². The first-order chi connectivity index (χ1) is 19.9. The fraction of sp³-hybridized carbons (Fsp3) is 0.407. The standard InChI is InChI=1S/C27H32N8O6/c1-33-7-6-19(32-33)18-14-35(25-20(18)24(28)29-15-30-25)27-22(37)21(36)23(41-27)26(38)31-16-2-4-17(5-3-16)40-13-10-34-8-11-39-12-9-34/h2-7,14-15,21-23,27,36-37H,8-13H2,1H3,(H,31,38)(H2,28,29,30)/t21-,22+,23-,27+/m0/s1. The number of aliphatic hydroxyl groups excluding tert-OH is 2. The minimum absolute atomic E-state index is 0.227. The number of morpholine rings is 1. The quantitative estimate of drug-likeness (QED) is 0.233. The molecule has 14 heteroatoms. The minimum Gasteiger partial charge on any atom is -0.492 e. The smallest absolute Gasteiger partial charge is 0.256 e. The van der Waals surface area contributed by atoms with E-state index in [4.69, 9.17) is 19.9 Å². The first kappa shape index (κ1) is 27.1. The second-order valence-corrected chi connectivity index (χ2v) is 10.0. The van der Waals surface area contributed by atoms with Gasteiger partial charge in [-0.3, -0.25) is 14.4 Å². The highest BCUT2D eigenvalue weighted by atomic mass is 16.6. The molecule has 6 rings (SSSR count). The molecule has 0 unspecified atom stereocenters. The maximum absolute atomic E-state index is 13.1. The number of amides is 1. The summed E-state index contributed by atoms with van der Waals surface area (Å²) in [5, 5.41) is 29.4. The third-order valence-electron chi connectivity index (χ3n) is 7.30. The molecule has 2 fully saturated rings. The van der Waals surface area contributed by atoms with Gasteiger partial charge < -0.3 is 40.0 Å². The van der Waals surface area contributed by atoms with Gasteiger partial charge in [-0.05, 0) is 30.3 Å². The van der Waals surface area contributed by atoms with Crippen LogP contribution in [0.15, 0.2) is 49.1 Å². The Morgan fingerprint density at radius 1 is 1.15 bits per heavy atom. The highest BCUT2D eigenvalue weighted by Gasteiger charge is 2.48. The topological polar surface area (TPSA) is 175 Å². The van der Waals surface area contributed by atoms with Crippen molar-refractivity contribution in [2.45, 2.75) is 24.5 Å². The van der Waals surface area contributed by atoms with Gasteiger partial charge in [-0.25, -0.2) is 9.97 Å². The summed E-state index contributed by atoms with van der Waals surface area (Å²) in [7, 11) is 1.79. The zero-order valence-electron chi connectivity index (χ0n) is 22.5. The number of nitrogens with zero attached hydrogens (tertiary/aromatic N) is 6. The number of benzene rings is 1. The summed E-state index contributed by atoms with van der Waals surface area (Å²) in [6.07, 6.45) is -0.598. The fourth-order valence-electron chi connectivity index (χ4n) is 5.13. The number of carbonyl (C=O) groups excluding carboxylic acids is 1. The fourth-order valence-corrected chi connectivity index (χ4v) is 5.13.